The molecule has 18 heavy (non-hydrogen) atoms. The van der Waals surface area contributed by atoms with Gasteiger partial charge in [-0.1, -0.05) is 30.7 Å². The fourth-order valence-corrected chi connectivity index (χ4v) is 1.77. The topological polar surface area (TPSA) is 51.3 Å². The van der Waals surface area contributed by atoms with E-state index in [4.69, 9.17) is 5.73 Å². The molecule has 0 unspecified atom stereocenters. The summed E-state index contributed by atoms with van der Waals surface area (Å²) in [5.41, 5.74) is 9.98. The highest BCUT2D eigenvalue weighted by Gasteiger charge is 2.05. The van der Waals surface area contributed by atoms with Crippen LogP contribution in [0.1, 0.15) is 23.7 Å². The van der Waals surface area contributed by atoms with Crippen molar-refractivity contribution in [1.29, 1.82) is 0 Å². The zero-order chi connectivity index (χ0) is 13.0. The summed E-state index contributed by atoms with van der Waals surface area (Å²) < 4.78 is 0. The first-order valence-corrected chi connectivity index (χ1v) is 6.06. The maximum Gasteiger partial charge on any atom is 0.150 e. The molecule has 0 spiro atoms. The lowest BCUT2D eigenvalue weighted by atomic mass is 10.1. The molecular weight excluding hydrogens is 222 g/mol. The van der Waals surface area contributed by atoms with Crippen LogP contribution >= 0.6 is 0 Å². The maximum atomic E-state index is 6.03. The van der Waals surface area contributed by atoms with E-state index in [1.54, 1.807) is 6.20 Å². The molecule has 0 aliphatic rings. The van der Waals surface area contributed by atoms with Crippen molar-refractivity contribution in [2.24, 2.45) is 10.7 Å². The van der Waals surface area contributed by atoms with Crippen LogP contribution in [0.2, 0.25) is 0 Å². The van der Waals surface area contributed by atoms with Crippen molar-refractivity contribution in [3.63, 3.8) is 0 Å². The fraction of sp³-hybridized carbons (Fsp3) is 0.200. The molecule has 0 aliphatic heterocycles. The molecule has 0 saturated carbocycles. The minimum Gasteiger partial charge on any atom is -0.382 e. The average molecular weight is 239 g/mol. The molecule has 0 amide bonds. The van der Waals surface area contributed by atoms with Crippen LogP contribution in [0.25, 0.3) is 0 Å². The number of nitrogens with zero attached hydrogens (tertiary/aromatic N) is 2. The summed E-state index contributed by atoms with van der Waals surface area (Å²) in [5.74, 6) is 0.469. The largest absolute Gasteiger partial charge is 0.382 e. The van der Waals surface area contributed by atoms with Crippen molar-refractivity contribution >= 4 is 11.5 Å². The van der Waals surface area contributed by atoms with Gasteiger partial charge >= 0.3 is 0 Å². The lowest BCUT2D eigenvalue weighted by Gasteiger charge is -2.05. The molecule has 2 aromatic rings. The third kappa shape index (κ3) is 2.74. The number of rotatable bonds is 3. The Kier molecular flexibility index (Phi) is 3.72. The maximum absolute atomic E-state index is 6.03. The Balaban J connectivity index is 2.35. The van der Waals surface area contributed by atoms with Gasteiger partial charge in [-0.25, -0.2) is 4.99 Å². The number of pyridine rings is 1. The summed E-state index contributed by atoms with van der Waals surface area (Å²) in [4.78, 5) is 8.72. The van der Waals surface area contributed by atoms with Gasteiger partial charge in [-0.15, -0.1) is 0 Å². The zero-order valence-electron chi connectivity index (χ0n) is 10.7. The van der Waals surface area contributed by atoms with Gasteiger partial charge in [0.1, 0.15) is 11.5 Å². The molecule has 1 aromatic heterocycles. The van der Waals surface area contributed by atoms with E-state index >= 15 is 0 Å². The molecule has 0 radical (unpaired) electrons. The smallest absolute Gasteiger partial charge is 0.150 e. The predicted molar refractivity (Wildman–Crippen MR) is 75.2 cm³/mol. The first-order valence-electron chi connectivity index (χ1n) is 6.06. The number of amidine groups is 1. The van der Waals surface area contributed by atoms with Gasteiger partial charge < -0.3 is 5.73 Å². The molecular formula is C15H17N3. The van der Waals surface area contributed by atoms with Crippen LogP contribution in [0.4, 0.5) is 5.69 Å². The number of hydrogen-bond donors (Lipinski definition) is 1. The monoisotopic (exact) mass is 239 g/mol. The number of benzene rings is 1. The van der Waals surface area contributed by atoms with Crippen molar-refractivity contribution < 1.29 is 0 Å². The number of aliphatic imine (C=N–C) groups is 1. The van der Waals surface area contributed by atoms with Crippen molar-refractivity contribution in [2.75, 3.05) is 0 Å². The van der Waals surface area contributed by atoms with Gasteiger partial charge in [0, 0.05) is 6.20 Å². The summed E-state index contributed by atoms with van der Waals surface area (Å²) in [6.45, 7) is 4.13. The van der Waals surface area contributed by atoms with E-state index < -0.39 is 0 Å². The van der Waals surface area contributed by atoms with Crippen LogP contribution in [-0.4, -0.2) is 10.8 Å². The number of aromatic nitrogens is 1. The Hall–Kier alpha value is -2.16. The minimum absolute atomic E-state index is 0.469. The second kappa shape index (κ2) is 5.45. The number of nitrogens with two attached hydrogens (primary N) is 1. The lowest BCUT2D eigenvalue weighted by molar-refractivity contribution is 1.08. The first kappa shape index (κ1) is 12.3. The first-order chi connectivity index (χ1) is 8.70. The number of hydrogen-bond acceptors (Lipinski definition) is 2. The Bertz CT molecular complexity index is 556. The third-order valence-electron chi connectivity index (χ3n) is 2.80. The summed E-state index contributed by atoms with van der Waals surface area (Å²) in [7, 11) is 0. The van der Waals surface area contributed by atoms with E-state index in [-0.39, 0.29) is 0 Å². The van der Waals surface area contributed by atoms with Gasteiger partial charge in [0.2, 0.25) is 0 Å². The lowest BCUT2D eigenvalue weighted by Crippen LogP contribution is -2.17. The Morgan fingerprint density at radius 1 is 1.22 bits per heavy atom. The summed E-state index contributed by atoms with van der Waals surface area (Å²) in [5, 5.41) is 0. The summed E-state index contributed by atoms with van der Waals surface area (Å²) in [6.07, 6.45) is 2.64. The van der Waals surface area contributed by atoms with E-state index in [1.165, 1.54) is 5.56 Å². The van der Waals surface area contributed by atoms with Crippen molar-refractivity contribution in [2.45, 2.75) is 20.3 Å². The van der Waals surface area contributed by atoms with E-state index in [0.717, 1.165) is 23.4 Å². The Labute approximate surface area is 107 Å². The molecule has 0 aliphatic carbocycles. The zero-order valence-corrected chi connectivity index (χ0v) is 10.7. The molecule has 0 fully saturated rings. The quantitative estimate of drug-likeness (QED) is 0.661. The summed E-state index contributed by atoms with van der Waals surface area (Å²) in [6, 6.07) is 11.9. The molecule has 3 heteroatoms. The van der Waals surface area contributed by atoms with Gasteiger partial charge in [-0.2, -0.15) is 0 Å². The normalized spacial score (nSPS) is 11.6. The molecule has 0 bridgehead atoms. The Morgan fingerprint density at radius 3 is 2.61 bits per heavy atom. The molecule has 1 aromatic carbocycles. The van der Waals surface area contributed by atoms with Gasteiger partial charge in [0.25, 0.3) is 0 Å². The van der Waals surface area contributed by atoms with Crippen LogP contribution in [0.15, 0.2) is 47.6 Å². The SMILES string of the molecule is CCc1cccnc1C(N)=Nc1ccc(C)cc1. The van der Waals surface area contributed by atoms with Crippen LogP contribution in [0.5, 0.6) is 0 Å². The fourth-order valence-electron chi connectivity index (χ4n) is 1.77. The molecule has 0 saturated heterocycles. The number of aryl methyl sites for hydroxylation is 2. The van der Waals surface area contributed by atoms with E-state index in [2.05, 4.69) is 16.9 Å². The van der Waals surface area contributed by atoms with E-state index in [1.807, 2.05) is 43.3 Å². The highest BCUT2D eigenvalue weighted by molar-refractivity contribution is 5.98. The molecule has 3 nitrogen and oxygen atoms in total. The van der Waals surface area contributed by atoms with Crippen LogP contribution in [-0.2, 0) is 6.42 Å². The van der Waals surface area contributed by atoms with Gasteiger partial charge in [0.15, 0.2) is 0 Å². The minimum atomic E-state index is 0.469. The molecule has 2 N–H and O–H groups in total. The van der Waals surface area contributed by atoms with Crippen molar-refractivity contribution in [3.05, 3.63) is 59.4 Å². The van der Waals surface area contributed by atoms with E-state index in [0.29, 0.717) is 5.84 Å². The highest BCUT2D eigenvalue weighted by atomic mass is 14.9. The molecule has 92 valence electrons. The van der Waals surface area contributed by atoms with Crippen molar-refractivity contribution in [3.8, 4) is 0 Å². The van der Waals surface area contributed by atoms with Gasteiger partial charge in [-0.3, -0.25) is 4.98 Å². The van der Waals surface area contributed by atoms with Crippen LogP contribution < -0.4 is 5.73 Å². The highest BCUT2D eigenvalue weighted by Crippen LogP contribution is 2.14. The van der Waals surface area contributed by atoms with E-state index in [9.17, 15) is 0 Å². The van der Waals surface area contributed by atoms with Gasteiger partial charge in [-0.05, 0) is 37.1 Å². The third-order valence-corrected chi connectivity index (χ3v) is 2.80. The molecule has 2 rings (SSSR count). The summed E-state index contributed by atoms with van der Waals surface area (Å²) >= 11 is 0. The second-order valence-corrected chi connectivity index (χ2v) is 4.20. The standard InChI is InChI=1S/C15H17N3/c1-3-12-5-4-10-17-14(12)15(16)18-13-8-6-11(2)7-9-13/h4-10H,3H2,1-2H3,(H2,16,18). The molecule has 0 atom stereocenters. The molecule has 1 heterocycles. The van der Waals surface area contributed by atoms with Crippen LogP contribution in [0.3, 0.4) is 0 Å². The van der Waals surface area contributed by atoms with Gasteiger partial charge in [0.05, 0.1) is 5.69 Å². The van der Waals surface area contributed by atoms with Crippen LogP contribution in [0, 0.1) is 6.92 Å². The predicted octanol–water partition coefficient (Wildman–Crippen LogP) is 2.99. The van der Waals surface area contributed by atoms with Crippen molar-refractivity contribution in [1.82, 2.24) is 4.98 Å². The second-order valence-electron chi connectivity index (χ2n) is 4.20. The Morgan fingerprint density at radius 2 is 1.94 bits per heavy atom. The average Bonchev–Trinajstić information content (AvgIpc) is 2.41.